The van der Waals surface area contributed by atoms with Crippen molar-refractivity contribution < 1.29 is 33.3 Å². The number of aromatic hydroxyl groups is 1. The highest BCUT2D eigenvalue weighted by molar-refractivity contribution is 6.09. The number of ether oxygens (including phenoxy) is 3. The van der Waals surface area contributed by atoms with Crippen molar-refractivity contribution in [2.45, 2.75) is 51.4 Å². The molecule has 4 aromatic carbocycles. The molecule has 55 heavy (non-hydrogen) atoms. The smallest absolute Gasteiger partial charge is 0.260 e. The van der Waals surface area contributed by atoms with Crippen molar-refractivity contribution in [3.05, 3.63) is 130 Å². The van der Waals surface area contributed by atoms with E-state index in [9.17, 15) is 9.90 Å². The fourth-order valence-electron chi connectivity index (χ4n) is 8.50. The summed E-state index contributed by atoms with van der Waals surface area (Å²) in [4.78, 5) is 36.0. The van der Waals surface area contributed by atoms with E-state index in [0.29, 0.717) is 72.2 Å². The van der Waals surface area contributed by atoms with Crippen LogP contribution in [0.4, 0.5) is 10.1 Å². The first-order valence-corrected chi connectivity index (χ1v) is 19.1. The molecule has 0 saturated carbocycles. The highest BCUT2D eigenvalue weighted by Gasteiger charge is 2.36. The number of benzene rings is 4. The topological polar surface area (TPSA) is 96.7 Å². The molecule has 10 nitrogen and oxygen atoms in total. The van der Waals surface area contributed by atoms with E-state index in [1.165, 1.54) is 23.8 Å². The average molecular weight is 743 g/mol. The number of amides is 2. The van der Waals surface area contributed by atoms with Crippen LogP contribution in [0.15, 0.2) is 91.0 Å². The minimum atomic E-state index is -0.408. The number of carbonyl (C=O) groups is 2. The van der Waals surface area contributed by atoms with Crippen LogP contribution in [-0.4, -0.2) is 77.0 Å². The standard InChI is InChI=1S/C44H43FN4O6/c45-38-10-4-3-9-31(38)26-48(32-12-14-34(50)15-13-32)44(52)37-22-40(47-16-6-5-11-39(37)47)35-23-41-42(55-28-54-41)24-36(35)43(51)49-25-30-8-2-1-7-29(30)21-33(49)27-46-17-19-53-20-18-46/h1-4,7-10,12-15,22-24,33,50H,5-6,11,16-21,25-28H2. The third kappa shape index (κ3) is 6.83. The van der Waals surface area contributed by atoms with Crippen LogP contribution in [-0.2, 0) is 37.2 Å². The van der Waals surface area contributed by atoms with Gasteiger partial charge in [-0.3, -0.25) is 14.5 Å². The van der Waals surface area contributed by atoms with E-state index in [4.69, 9.17) is 14.2 Å². The van der Waals surface area contributed by atoms with Crippen LogP contribution in [0.1, 0.15) is 55.9 Å². The Bertz CT molecular complexity index is 2250. The molecule has 1 aromatic heterocycles. The third-order valence-corrected chi connectivity index (χ3v) is 11.4. The first-order valence-electron chi connectivity index (χ1n) is 19.1. The normalized spacial score (nSPS) is 17.8. The number of hydrogen-bond donors (Lipinski definition) is 1. The lowest BCUT2D eigenvalue weighted by Gasteiger charge is -2.40. The number of fused-ring (bicyclic) bond motifs is 3. The van der Waals surface area contributed by atoms with Crippen LogP contribution in [0.2, 0.25) is 0 Å². The number of phenols is 1. The molecule has 4 aliphatic heterocycles. The van der Waals surface area contributed by atoms with Gasteiger partial charge in [-0.15, -0.1) is 0 Å². The number of morpholine rings is 1. The Morgan fingerprint density at radius 3 is 2.38 bits per heavy atom. The van der Waals surface area contributed by atoms with Gasteiger partial charge in [0.05, 0.1) is 30.9 Å². The van der Waals surface area contributed by atoms with Crippen LogP contribution in [0.5, 0.6) is 17.2 Å². The number of hydrogen-bond acceptors (Lipinski definition) is 7. The Morgan fingerprint density at radius 2 is 1.58 bits per heavy atom. The molecule has 1 saturated heterocycles. The maximum Gasteiger partial charge on any atom is 0.260 e. The maximum absolute atomic E-state index is 15.2. The lowest BCUT2D eigenvalue weighted by atomic mass is 9.92. The first kappa shape index (κ1) is 35.1. The molecule has 0 spiro atoms. The Kier molecular flexibility index (Phi) is 9.49. The second kappa shape index (κ2) is 14.9. The van der Waals surface area contributed by atoms with E-state index >= 15 is 9.18 Å². The number of rotatable bonds is 8. The molecular weight excluding hydrogens is 700 g/mol. The molecule has 1 atom stereocenters. The number of carbonyl (C=O) groups excluding carboxylic acids is 2. The second-order valence-electron chi connectivity index (χ2n) is 14.7. The summed E-state index contributed by atoms with van der Waals surface area (Å²) in [6.45, 7) is 4.91. The zero-order chi connectivity index (χ0) is 37.5. The zero-order valence-electron chi connectivity index (χ0n) is 30.6. The number of phenolic OH excluding ortho intramolecular Hbond substituents is 1. The van der Waals surface area contributed by atoms with E-state index in [0.717, 1.165) is 55.8 Å². The fraction of sp³-hybridized carbons (Fsp3) is 0.318. The Hall–Kier alpha value is -5.65. The van der Waals surface area contributed by atoms with Crippen molar-refractivity contribution in [2.24, 2.45) is 0 Å². The Balaban J connectivity index is 1.14. The summed E-state index contributed by atoms with van der Waals surface area (Å²) in [5, 5.41) is 10.1. The molecule has 11 heteroatoms. The molecule has 1 unspecified atom stereocenters. The van der Waals surface area contributed by atoms with Crippen molar-refractivity contribution in [1.29, 1.82) is 0 Å². The third-order valence-electron chi connectivity index (χ3n) is 11.4. The van der Waals surface area contributed by atoms with Gasteiger partial charge < -0.3 is 33.7 Å². The van der Waals surface area contributed by atoms with Gasteiger partial charge in [0.2, 0.25) is 6.79 Å². The van der Waals surface area contributed by atoms with Crippen molar-refractivity contribution in [1.82, 2.24) is 14.4 Å². The zero-order valence-corrected chi connectivity index (χ0v) is 30.6. The molecule has 5 aromatic rings. The number of halogens is 1. The van der Waals surface area contributed by atoms with Crippen molar-refractivity contribution in [3.8, 4) is 28.5 Å². The summed E-state index contributed by atoms with van der Waals surface area (Å²) in [6.07, 6.45) is 3.23. The predicted octanol–water partition coefficient (Wildman–Crippen LogP) is 6.81. The van der Waals surface area contributed by atoms with Crippen LogP contribution < -0.4 is 14.4 Å². The molecule has 1 N–H and O–H groups in total. The lowest BCUT2D eigenvalue weighted by Crippen LogP contribution is -2.52. The van der Waals surface area contributed by atoms with Crippen molar-refractivity contribution >= 4 is 17.5 Å². The molecule has 282 valence electrons. The minimum Gasteiger partial charge on any atom is -0.508 e. The summed E-state index contributed by atoms with van der Waals surface area (Å²) in [7, 11) is 0. The molecule has 0 bridgehead atoms. The summed E-state index contributed by atoms with van der Waals surface area (Å²) in [5.41, 5.74) is 6.56. The Morgan fingerprint density at radius 1 is 0.836 bits per heavy atom. The monoisotopic (exact) mass is 742 g/mol. The highest BCUT2D eigenvalue weighted by atomic mass is 19.1. The molecule has 2 amide bonds. The van der Waals surface area contributed by atoms with Gasteiger partial charge in [-0.05, 0) is 85.3 Å². The van der Waals surface area contributed by atoms with Crippen molar-refractivity contribution in [3.63, 3.8) is 0 Å². The van der Waals surface area contributed by atoms with E-state index in [2.05, 4.69) is 27.7 Å². The fourth-order valence-corrected chi connectivity index (χ4v) is 8.50. The molecule has 0 aliphatic carbocycles. The van der Waals surface area contributed by atoms with Crippen LogP contribution in [0, 0.1) is 5.82 Å². The number of nitrogens with zero attached hydrogens (tertiary/aromatic N) is 4. The van der Waals surface area contributed by atoms with Gasteiger partial charge in [-0.2, -0.15) is 0 Å². The van der Waals surface area contributed by atoms with E-state index in [1.807, 2.05) is 23.1 Å². The summed E-state index contributed by atoms with van der Waals surface area (Å²) < 4.78 is 34.6. The van der Waals surface area contributed by atoms with Crippen LogP contribution in [0.3, 0.4) is 0 Å². The number of aromatic nitrogens is 1. The average Bonchev–Trinajstić information content (AvgIpc) is 3.85. The van der Waals surface area contributed by atoms with Gasteiger partial charge in [0.1, 0.15) is 11.6 Å². The predicted molar refractivity (Wildman–Crippen MR) is 205 cm³/mol. The van der Waals surface area contributed by atoms with Gasteiger partial charge in [-0.25, -0.2) is 4.39 Å². The number of anilines is 1. The van der Waals surface area contributed by atoms with Crippen LogP contribution in [0.25, 0.3) is 11.3 Å². The van der Waals surface area contributed by atoms with E-state index < -0.39 is 5.82 Å². The molecule has 0 radical (unpaired) electrons. The van der Waals surface area contributed by atoms with E-state index in [1.54, 1.807) is 41.3 Å². The molecular formula is C44H43FN4O6. The Labute approximate surface area is 319 Å². The molecule has 9 rings (SSSR count). The molecule has 4 aliphatic rings. The summed E-state index contributed by atoms with van der Waals surface area (Å²) in [6, 6.07) is 26.7. The molecule has 1 fully saturated rings. The second-order valence-corrected chi connectivity index (χ2v) is 14.7. The van der Waals surface area contributed by atoms with Crippen molar-refractivity contribution in [2.75, 3.05) is 44.5 Å². The minimum absolute atomic E-state index is 0.00897. The van der Waals surface area contributed by atoms with Gasteiger partial charge in [0.25, 0.3) is 11.8 Å². The van der Waals surface area contributed by atoms with Gasteiger partial charge in [-0.1, -0.05) is 42.5 Å². The van der Waals surface area contributed by atoms with Crippen LogP contribution >= 0.6 is 0 Å². The molecule has 5 heterocycles. The SMILES string of the molecule is O=C(c1cc(-c2cc3c(cc2C(=O)N2Cc4ccccc4CC2CN2CCOCC2)OCO3)n2c1CCCC2)N(Cc1ccccc1F)c1ccc(O)cc1. The first-order chi connectivity index (χ1) is 26.9. The van der Waals surface area contributed by atoms with Gasteiger partial charge in [0, 0.05) is 67.0 Å². The quantitative estimate of drug-likeness (QED) is 0.187. The van der Waals surface area contributed by atoms with Gasteiger partial charge in [0.15, 0.2) is 11.5 Å². The maximum atomic E-state index is 15.2. The van der Waals surface area contributed by atoms with E-state index in [-0.39, 0.29) is 36.9 Å². The summed E-state index contributed by atoms with van der Waals surface area (Å²) >= 11 is 0. The lowest BCUT2D eigenvalue weighted by molar-refractivity contribution is 0.0193. The largest absolute Gasteiger partial charge is 0.508 e. The van der Waals surface area contributed by atoms with Gasteiger partial charge >= 0.3 is 0 Å². The summed E-state index contributed by atoms with van der Waals surface area (Å²) in [5.74, 6) is 0.317. The highest BCUT2D eigenvalue weighted by Crippen LogP contribution is 2.42.